The van der Waals surface area contributed by atoms with Crippen LogP contribution in [-0.2, 0) is 6.54 Å². The van der Waals surface area contributed by atoms with E-state index in [4.69, 9.17) is 11.6 Å². The average molecular weight is 309 g/mol. The van der Waals surface area contributed by atoms with Gasteiger partial charge in [0.1, 0.15) is 0 Å². The van der Waals surface area contributed by atoms with Gasteiger partial charge in [-0.15, -0.1) is 0 Å². The van der Waals surface area contributed by atoms with E-state index in [-0.39, 0.29) is 0 Å². The van der Waals surface area contributed by atoms with Gasteiger partial charge in [-0.1, -0.05) is 44.9 Å². The van der Waals surface area contributed by atoms with Crippen LogP contribution in [0.25, 0.3) is 0 Å². The lowest BCUT2D eigenvalue weighted by Crippen LogP contribution is -2.29. The van der Waals surface area contributed by atoms with Gasteiger partial charge in [0.2, 0.25) is 0 Å². The van der Waals surface area contributed by atoms with E-state index in [1.165, 1.54) is 36.9 Å². The van der Waals surface area contributed by atoms with Crippen molar-refractivity contribution in [1.29, 1.82) is 0 Å². The summed E-state index contributed by atoms with van der Waals surface area (Å²) in [5.74, 6) is 0.681. The Bertz CT molecular complexity index is 441. The molecule has 2 rings (SSSR count). The van der Waals surface area contributed by atoms with Crippen LogP contribution in [0.4, 0.5) is 5.69 Å². The Morgan fingerprint density at radius 1 is 1.33 bits per heavy atom. The Morgan fingerprint density at radius 2 is 2.10 bits per heavy atom. The Kier molecular flexibility index (Phi) is 6.38. The summed E-state index contributed by atoms with van der Waals surface area (Å²) in [7, 11) is 0. The number of hydrogen-bond donors (Lipinski definition) is 1. The van der Waals surface area contributed by atoms with Crippen molar-refractivity contribution in [2.75, 3.05) is 18.0 Å². The van der Waals surface area contributed by atoms with Crippen molar-refractivity contribution in [3.8, 4) is 0 Å². The third-order valence-corrected chi connectivity index (χ3v) is 4.20. The molecule has 0 bridgehead atoms. The molecule has 0 spiro atoms. The zero-order valence-electron chi connectivity index (χ0n) is 13.7. The first-order valence-electron chi connectivity index (χ1n) is 8.37. The molecule has 0 heterocycles. The second kappa shape index (κ2) is 8.05. The van der Waals surface area contributed by atoms with E-state index >= 15 is 0 Å². The van der Waals surface area contributed by atoms with E-state index in [9.17, 15) is 0 Å². The summed E-state index contributed by atoms with van der Waals surface area (Å²) in [5, 5.41) is 4.41. The molecule has 1 saturated carbocycles. The fraction of sp³-hybridized carbons (Fsp3) is 0.667. The monoisotopic (exact) mass is 308 g/mol. The normalized spacial score (nSPS) is 14.7. The summed E-state index contributed by atoms with van der Waals surface area (Å²) in [6.45, 7) is 9.88. The first-order valence-corrected chi connectivity index (χ1v) is 8.75. The highest BCUT2D eigenvalue weighted by Crippen LogP contribution is 2.35. The molecule has 2 nitrogen and oxygen atoms in total. The van der Waals surface area contributed by atoms with Crippen LogP contribution in [0.5, 0.6) is 0 Å². The van der Waals surface area contributed by atoms with Gasteiger partial charge in [-0.3, -0.25) is 0 Å². The highest BCUT2D eigenvalue weighted by atomic mass is 35.5. The van der Waals surface area contributed by atoms with Crippen LogP contribution in [0.3, 0.4) is 0 Å². The molecule has 0 aliphatic heterocycles. The van der Waals surface area contributed by atoms with Gasteiger partial charge in [-0.2, -0.15) is 0 Å². The number of halogens is 1. The lowest BCUT2D eigenvalue weighted by molar-refractivity contribution is 0.551. The third-order valence-electron chi connectivity index (χ3n) is 3.97. The lowest BCUT2D eigenvalue weighted by Gasteiger charge is -2.27. The van der Waals surface area contributed by atoms with Crippen molar-refractivity contribution >= 4 is 17.3 Å². The predicted molar refractivity (Wildman–Crippen MR) is 93.3 cm³/mol. The molecule has 21 heavy (non-hydrogen) atoms. The Morgan fingerprint density at radius 3 is 2.71 bits per heavy atom. The van der Waals surface area contributed by atoms with Crippen LogP contribution >= 0.6 is 11.6 Å². The summed E-state index contributed by atoms with van der Waals surface area (Å²) in [5.41, 5.74) is 2.72. The molecule has 0 atom stereocenters. The first-order chi connectivity index (χ1) is 10.1. The van der Waals surface area contributed by atoms with Crippen molar-refractivity contribution < 1.29 is 0 Å². The van der Waals surface area contributed by atoms with Crippen molar-refractivity contribution in [3.05, 3.63) is 28.8 Å². The number of benzene rings is 1. The summed E-state index contributed by atoms with van der Waals surface area (Å²) in [4.78, 5) is 2.59. The van der Waals surface area contributed by atoms with E-state index < -0.39 is 0 Å². The van der Waals surface area contributed by atoms with Gasteiger partial charge >= 0.3 is 0 Å². The number of anilines is 1. The molecule has 1 aromatic rings. The Labute approximate surface area is 134 Å². The number of unbranched alkanes of at least 4 members (excludes halogenated alkanes) is 1. The van der Waals surface area contributed by atoms with Gasteiger partial charge in [0, 0.05) is 29.8 Å². The van der Waals surface area contributed by atoms with Gasteiger partial charge in [-0.05, 0) is 49.4 Å². The Balaban J connectivity index is 2.12. The molecule has 3 heteroatoms. The average Bonchev–Trinajstić information content (AvgIpc) is 3.26. The van der Waals surface area contributed by atoms with Gasteiger partial charge < -0.3 is 10.2 Å². The van der Waals surface area contributed by atoms with Gasteiger partial charge in [-0.25, -0.2) is 0 Å². The molecular formula is C18H29ClN2. The van der Waals surface area contributed by atoms with E-state index in [2.05, 4.69) is 43.1 Å². The van der Waals surface area contributed by atoms with Crippen molar-refractivity contribution in [2.45, 2.75) is 59.0 Å². The van der Waals surface area contributed by atoms with Gasteiger partial charge in [0.15, 0.2) is 0 Å². The summed E-state index contributed by atoms with van der Waals surface area (Å²) in [6, 6.07) is 7.09. The molecule has 1 aliphatic carbocycles. The zero-order chi connectivity index (χ0) is 15.2. The molecule has 1 aromatic carbocycles. The molecule has 0 aromatic heterocycles. The highest BCUT2D eigenvalue weighted by Gasteiger charge is 2.30. The second-order valence-electron chi connectivity index (χ2n) is 6.58. The number of nitrogens with one attached hydrogen (secondary N) is 1. The Hall–Kier alpha value is -0.730. The third kappa shape index (κ3) is 5.19. The molecule has 0 unspecified atom stereocenters. The van der Waals surface area contributed by atoms with Crippen LogP contribution < -0.4 is 10.2 Å². The second-order valence-corrected chi connectivity index (χ2v) is 7.01. The molecule has 0 amide bonds. The van der Waals surface area contributed by atoms with Gasteiger partial charge in [0.25, 0.3) is 0 Å². The topological polar surface area (TPSA) is 15.3 Å². The fourth-order valence-corrected chi connectivity index (χ4v) is 2.83. The summed E-state index contributed by atoms with van der Waals surface area (Å²) >= 11 is 6.26. The van der Waals surface area contributed by atoms with E-state index in [1.54, 1.807) is 0 Å². The highest BCUT2D eigenvalue weighted by molar-refractivity contribution is 6.30. The fourth-order valence-electron chi connectivity index (χ4n) is 2.66. The van der Waals surface area contributed by atoms with Crippen LogP contribution in [0.15, 0.2) is 18.2 Å². The maximum Gasteiger partial charge on any atom is 0.0429 e. The minimum Gasteiger partial charge on any atom is -0.368 e. The SMILES string of the molecule is CCCCN(c1cc(Cl)ccc1CNCC(C)C)C1CC1. The minimum atomic E-state index is 0.681. The standard InChI is InChI=1S/C18H29ClN2/c1-4-5-10-21(17-8-9-17)18-11-16(19)7-6-15(18)13-20-12-14(2)3/h6-7,11,14,17,20H,4-5,8-10,12-13H2,1-3H3. The van der Waals surface area contributed by atoms with Crippen LogP contribution in [0.2, 0.25) is 5.02 Å². The minimum absolute atomic E-state index is 0.681. The summed E-state index contributed by atoms with van der Waals surface area (Å²) in [6.07, 6.45) is 5.15. The molecule has 1 aliphatic rings. The molecule has 1 fully saturated rings. The number of rotatable bonds is 9. The summed E-state index contributed by atoms with van der Waals surface area (Å²) < 4.78 is 0. The number of nitrogens with zero attached hydrogens (tertiary/aromatic N) is 1. The van der Waals surface area contributed by atoms with E-state index in [0.717, 1.165) is 30.7 Å². The first kappa shape index (κ1) is 16.6. The molecule has 1 N–H and O–H groups in total. The number of hydrogen-bond acceptors (Lipinski definition) is 2. The molecule has 0 saturated heterocycles. The van der Waals surface area contributed by atoms with Crippen molar-refractivity contribution in [3.63, 3.8) is 0 Å². The smallest absolute Gasteiger partial charge is 0.0429 e. The van der Waals surface area contributed by atoms with E-state index in [0.29, 0.717) is 5.92 Å². The zero-order valence-corrected chi connectivity index (χ0v) is 14.4. The quantitative estimate of drug-likeness (QED) is 0.701. The van der Waals surface area contributed by atoms with E-state index in [1.807, 2.05) is 6.07 Å². The molecule has 118 valence electrons. The van der Waals surface area contributed by atoms with Crippen molar-refractivity contribution in [2.24, 2.45) is 5.92 Å². The van der Waals surface area contributed by atoms with Crippen LogP contribution in [0.1, 0.15) is 52.0 Å². The van der Waals surface area contributed by atoms with Gasteiger partial charge in [0.05, 0.1) is 0 Å². The van der Waals surface area contributed by atoms with Crippen molar-refractivity contribution in [1.82, 2.24) is 5.32 Å². The maximum absolute atomic E-state index is 6.26. The van der Waals surface area contributed by atoms with Crippen LogP contribution in [0, 0.1) is 5.92 Å². The maximum atomic E-state index is 6.26. The van der Waals surface area contributed by atoms with Crippen LogP contribution in [-0.4, -0.2) is 19.1 Å². The predicted octanol–water partition coefficient (Wildman–Crippen LogP) is 4.85. The molecular weight excluding hydrogens is 280 g/mol. The lowest BCUT2D eigenvalue weighted by atomic mass is 10.1. The largest absolute Gasteiger partial charge is 0.368 e. The molecule has 0 radical (unpaired) electrons.